The minimum atomic E-state index is -0.576. The highest BCUT2D eigenvalue weighted by Crippen LogP contribution is 2.58. The highest BCUT2D eigenvalue weighted by Gasteiger charge is 2.61. The van der Waals surface area contributed by atoms with Gasteiger partial charge in [-0.05, 0) is 11.1 Å². The van der Waals surface area contributed by atoms with Gasteiger partial charge in [-0.15, -0.1) is 0 Å². The Hall–Kier alpha value is -1.67. The Bertz CT molecular complexity index is 751. The molecule has 3 fully saturated rings. The maximum absolute atomic E-state index is 10.7. The molecule has 3 heterocycles. The summed E-state index contributed by atoms with van der Waals surface area (Å²) in [5.74, 6) is 0. The number of piperidine rings is 3. The lowest BCUT2D eigenvalue weighted by molar-refractivity contribution is -0.946. The Balaban J connectivity index is 0.00000225. The number of rotatable bonds is 6. The normalized spacial score (nSPS) is 26.3. The fourth-order valence-corrected chi connectivity index (χ4v) is 5.65. The topological polar surface area (TPSA) is 33.0 Å². The van der Waals surface area contributed by atoms with Gasteiger partial charge in [0.15, 0.2) is 0 Å². The van der Waals surface area contributed by atoms with E-state index >= 15 is 0 Å². The second-order valence-electron chi connectivity index (χ2n) is 8.35. The summed E-state index contributed by atoms with van der Waals surface area (Å²) in [6, 6.07) is 23.9. The summed E-state index contributed by atoms with van der Waals surface area (Å²) in [5, 5.41) is 10.7. The lowest BCUT2D eigenvalue weighted by Gasteiger charge is -2.59. The van der Waals surface area contributed by atoms with Crippen LogP contribution in [-0.4, -0.2) is 44.4 Å². The molecule has 3 aliphatic rings. The molecule has 3 saturated heterocycles. The first-order valence-corrected chi connectivity index (χ1v) is 10.1. The van der Waals surface area contributed by atoms with Crippen LogP contribution in [0.2, 0.25) is 0 Å². The predicted octanol–water partition coefficient (Wildman–Crippen LogP) is 1.15. The van der Waals surface area contributed by atoms with Crippen LogP contribution in [0.25, 0.3) is 0 Å². The van der Waals surface area contributed by atoms with E-state index in [1.807, 2.05) is 12.1 Å². The zero-order valence-electron chi connectivity index (χ0n) is 16.6. The maximum Gasteiger partial charge on any atom is 0.113 e. The number of benzene rings is 2. The lowest BCUT2D eigenvalue weighted by Crippen LogP contribution is -3.00. The summed E-state index contributed by atoms with van der Waals surface area (Å²) in [5.41, 5.74) is 1.74. The molecule has 2 aromatic carbocycles. The monoisotopic (exact) mass is 440 g/mol. The van der Waals surface area contributed by atoms with E-state index in [4.69, 9.17) is 4.74 Å². The average molecular weight is 441 g/mol. The lowest BCUT2D eigenvalue weighted by atomic mass is 9.50. The number of fused-ring (bicyclic) bond motifs is 3. The average Bonchev–Trinajstić information content (AvgIpc) is 2.76. The van der Waals surface area contributed by atoms with E-state index in [2.05, 4.69) is 54.6 Å². The number of hydrogen-bond acceptors (Lipinski definition) is 2. The Morgan fingerprint density at radius 3 is 1.79 bits per heavy atom. The highest BCUT2D eigenvalue weighted by molar-refractivity contribution is 5.49. The minimum absolute atomic E-state index is 0. The molecule has 148 valence electrons. The van der Waals surface area contributed by atoms with Gasteiger partial charge in [0.05, 0.1) is 32.3 Å². The van der Waals surface area contributed by atoms with Gasteiger partial charge >= 0.3 is 0 Å². The molecule has 0 aromatic heterocycles. The molecule has 3 aliphatic heterocycles. The van der Waals surface area contributed by atoms with Crippen LogP contribution in [0.5, 0.6) is 0 Å². The van der Waals surface area contributed by atoms with E-state index < -0.39 is 5.41 Å². The van der Waals surface area contributed by atoms with E-state index in [0.717, 1.165) is 63.2 Å². The molecule has 2 bridgehead atoms. The third-order valence-corrected chi connectivity index (χ3v) is 7.34. The second-order valence-corrected chi connectivity index (χ2v) is 8.35. The molecule has 0 atom stereocenters. The summed E-state index contributed by atoms with van der Waals surface area (Å²) >= 11 is 0. The van der Waals surface area contributed by atoms with E-state index in [9.17, 15) is 5.26 Å². The second kappa shape index (κ2) is 8.37. The summed E-state index contributed by atoms with van der Waals surface area (Å²) in [6.07, 6.45) is 3.32. The van der Waals surface area contributed by atoms with Crippen LogP contribution in [0.3, 0.4) is 0 Å². The number of ether oxygens (including phenoxy) is 1. The van der Waals surface area contributed by atoms with Crippen molar-refractivity contribution in [2.75, 3.05) is 39.9 Å². The van der Waals surface area contributed by atoms with Gasteiger partial charge in [0.1, 0.15) is 12.0 Å². The summed E-state index contributed by atoms with van der Waals surface area (Å²) in [7, 11) is 1.79. The highest BCUT2D eigenvalue weighted by atomic mass is 79.9. The predicted molar refractivity (Wildman–Crippen MR) is 107 cm³/mol. The van der Waals surface area contributed by atoms with E-state index in [-0.39, 0.29) is 22.4 Å². The standard InChI is InChI=1S/C24H29N2O.BrH/c1-27-19-18-26-15-12-23(13-16-26,14-17-26)24(20-25,21-8-4-2-5-9-21)22-10-6-3-7-11-22;/h2-11H,12-19H2,1H3;1H/q+1;/p-1. The number of hydrogen-bond donors (Lipinski definition) is 0. The van der Waals surface area contributed by atoms with Crippen molar-refractivity contribution in [1.82, 2.24) is 0 Å². The summed E-state index contributed by atoms with van der Waals surface area (Å²) < 4.78 is 6.54. The van der Waals surface area contributed by atoms with Gasteiger partial charge in [-0.2, -0.15) is 5.26 Å². The molecule has 0 radical (unpaired) electrons. The van der Waals surface area contributed by atoms with Gasteiger partial charge in [0, 0.05) is 31.8 Å². The first kappa shape index (κ1) is 21.0. The van der Waals surface area contributed by atoms with E-state index in [1.165, 1.54) is 4.48 Å². The molecule has 0 amide bonds. The van der Waals surface area contributed by atoms with Crippen LogP contribution in [0.1, 0.15) is 30.4 Å². The SMILES string of the molecule is COCC[N+]12CCC(C(C#N)(c3ccccc3)c3ccccc3)(CC1)CC2.[Br-]. The zero-order valence-corrected chi connectivity index (χ0v) is 18.2. The number of nitriles is 1. The number of quaternary nitrogens is 1. The van der Waals surface area contributed by atoms with Gasteiger partial charge in [-0.1, -0.05) is 60.7 Å². The van der Waals surface area contributed by atoms with E-state index in [1.54, 1.807) is 7.11 Å². The van der Waals surface area contributed by atoms with Gasteiger partial charge in [0.25, 0.3) is 0 Å². The van der Waals surface area contributed by atoms with Gasteiger partial charge in [0.2, 0.25) is 0 Å². The zero-order chi connectivity index (χ0) is 18.8. The van der Waals surface area contributed by atoms with Crippen molar-refractivity contribution in [3.8, 4) is 6.07 Å². The third-order valence-electron chi connectivity index (χ3n) is 7.34. The molecule has 3 nitrogen and oxygen atoms in total. The molecular formula is C24H29BrN2O. The third kappa shape index (κ3) is 3.20. The van der Waals surface area contributed by atoms with Crippen LogP contribution in [0, 0.1) is 16.7 Å². The molecule has 0 N–H and O–H groups in total. The molecule has 0 aliphatic carbocycles. The van der Waals surface area contributed by atoms with Crippen molar-refractivity contribution in [3.05, 3.63) is 71.8 Å². The molecular weight excluding hydrogens is 412 g/mol. The molecule has 0 saturated carbocycles. The first-order valence-electron chi connectivity index (χ1n) is 10.1. The number of methoxy groups -OCH3 is 1. The van der Waals surface area contributed by atoms with Gasteiger partial charge in [-0.25, -0.2) is 0 Å². The molecule has 0 spiro atoms. The summed E-state index contributed by atoms with van der Waals surface area (Å²) in [6.45, 7) is 5.40. The van der Waals surface area contributed by atoms with Crippen LogP contribution in [0.4, 0.5) is 0 Å². The Labute approximate surface area is 179 Å². The smallest absolute Gasteiger partial charge is 0.113 e. The van der Waals surface area contributed by atoms with Crippen molar-refractivity contribution in [2.45, 2.75) is 24.7 Å². The Kier molecular flexibility index (Phi) is 6.29. The van der Waals surface area contributed by atoms with Crippen molar-refractivity contribution >= 4 is 0 Å². The van der Waals surface area contributed by atoms with Crippen molar-refractivity contribution < 1.29 is 26.2 Å². The fourth-order valence-electron chi connectivity index (χ4n) is 5.65. The number of nitrogens with zero attached hydrogens (tertiary/aromatic N) is 2. The largest absolute Gasteiger partial charge is 1.00 e. The van der Waals surface area contributed by atoms with Gasteiger partial charge in [-0.3, -0.25) is 0 Å². The Morgan fingerprint density at radius 2 is 1.39 bits per heavy atom. The molecule has 2 aromatic rings. The van der Waals surface area contributed by atoms with Crippen molar-refractivity contribution in [1.29, 1.82) is 5.26 Å². The molecule has 0 unspecified atom stereocenters. The van der Waals surface area contributed by atoms with Crippen molar-refractivity contribution in [2.24, 2.45) is 5.41 Å². The van der Waals surface area contributed by atoms with E-state index in [0.29, 0.717) is 0 Å². The molecule has 28 heavy (non-hydrogen) atoms. The molecule has 5 rings (SSSR count). The Morgan fingerprint density at radius 1 is 0.929 bits per heavy atom. The van der Waals surface area contributed by atoms with Crippen LogP contribution in [0.15, 0.2) is 60.7 Å². The molecule has 4 heteroatoms. The number of halogens is 1. The van der Waals surface area contributed by atoms with Crippen molar-refractivity contribution in [3.63, 3.8) is 0 Å². The fraction of sp³-hybridized carbons (Fsp3) is 0.458. The van der Waals surface area contributed by atoms with Gasteiger partial charge < -0.3 is 26.2 Å². The quantitative estimate of drug-likeness (QED) is 0.631. The first-order chi connectivity index (χ1) is 13.2. The minimum Gasteiger partial charge on any atom is -1.00 e. The summed E-state index contributed by atoms with van der Waals surface area (Å²) in [4.78, 5) is 0. The maximum atomic E-state index is 10.7. The van der Waals surface area contributed by atoms with Crippen LogP contribution in [-0.2, 0) is 10.2 Å². The van der Waals surface area contributed by atoms with Crippen LogP contribution < -0.4 is 17.0 Å². The van der Waals surface area contributed by atoms with Crippen LogP contribution >= 0.6 is 0 Å².